The summed E-state index contributed by atoms with van der Waals surface area (Å²) in [5, 5.41) is 17.3. The molecular formula is C25H32N4O8. The van der Waals surface area contributed by atoms with Crippen LogP contribution in [-0.2, 0) is 38.0 Å². The molecule has 0 fully saturated rings. The molecule has 37 heavy (non-hydrogen) atoms. The number of carbonyl (C=O) groups excluding carboxylic acids is 2. The molecule has 0 radical (unpaired) electrons. The minimum atomic E-state index is -0.934. The Balaban J connectivity index is 5.23. The molecule has 0 aromatic carbocycles. The molecule has 0 aliphatic heterocycles. The Bertz CT molecular complexity index is 834. The molecule has 12 nitrogen and oxygen atoms in total. The zero-order valence-corrected chi connectivity index (χ0v) is 20.9. The molecular weight excluding hydrogens is 484 g/mol. The Morgan fingerprint density at radius 3 is 1.65 bits per heavy atom. The first kappa shape index (κ1) is 33.2. The molecule has 0 aliphatic rings. The van der Waals surface area contributed by atoms with Crippen LogP contribution in [0.3, 0.4) is 0 Å². The maximum absolute atomic E-state index is 12.0. The lowest BCUT2D eigenvalue weighted by molar-refractivity contribution is -0.140. The van der Waals surface area contributed by atoms with Crippen LogP contribution in [0.2, 0.25) is 0 Å². The van der Waals surface area contributed by atoms with Gasteiger partial charge in [0, 0.05) is 0 Å². The van der Waals surface area contributed by atoms with Crippen LogP contribution < -0.4 is 0 Å². The number of nitriles is 2. The van der Waals surface area contributed by atoms with Crippen LogP contribution in [0.25, 0.3) is 9.69 Å². The van der Waals surface area contributed by atoms with E-state index in [4.69, 9.17) is 52.1 Å². The van der Waals surface area contributed by atoms with Gasteiger partial charge in [-0.05, 0) is 0 Å². The second kappa shape index (κ2) is 21.5. The first-order chi connectivity index (χ1) is 17.9. The van der Waals surface area contributed by atoms with Crippen molar-refractivity contribution < 1.29 is 38.0 Å². The molecule has 0 rings (SSSR count). The predicted molar refractivity (Wildman–Crippen MR) is 129 cm³/mol. The number of rotatable bonds is 22. The zero-order valence-electron chi connectivity index (χ0n) is 20.9. The van der Waals surface area contributed by atoms with Gasteiger partial charge in [0.1, 0.15) is 13.2 Å². The minimum absolute atomic E-state index is 0.0228. The van der Waals surface area contributed by atoms with Gasteiger partial charge in [-0.3, -0.25) is 0 Å². The number of esters is 2. The highest BCUT2D eigenvalue weighted by Crippen LogP contribution is 2.22. The van der Waals surface area contributed by atoms with Gasteiger partial charge < -0.3 is 38.1 Å². The van der Waals surface area contributed by atoms with E-state index in [1.54, 1.807) is 0 Å². The smallest absolute Gasteiger partial charge is 0.336 e. The van der Waals surface area contributed by atoms with E-state index < -0.39 is 17.4 Å². The van der Waals surface area contributed by atoms with Gasteiger partial charge in [-0.1, -0.05) is 13.2 Å². The number of nitrogens with zero attached hydrogens (tertiary/aromatic N) is 4. The zero-order chi connectivity index (χ0) is 27.8. The summed E-state index contributed by atoms with van der Waals surface area (Å²) >= 11 is 0. The monoisotopic (exact) mass is 516 g/mol. The van der Waals surface area contributed by atoms with E-state index in [-0.39, 0.29) is 103 Å². The summed E-state index contributed by atoms with van der Waals surface area (Å²) in [6.45, 7) is 21.0. The van der Waals surface area contributed by atoms with E-state index in [0.717, 1.165) is 0 Å². The molecule has 0 saturated heterocycles. The molecule has 0 N–H and O–H groups in total. The van der Waals surface area contributed by atoms with Gasteiger partial charge in [0.05, 0.1) is 87.8 Å². The molecule has 0 aliphatic carbocycles. The molecule has 0 saturated carbocycles. The molecule has 200 valence electrons. The Hall–Kier alpha value is -3.78. The average molecular weight is 517 g/mol. The predicted octanol–water partition coefficient (Wildman–Crippen LogP) is 1.90. The summed E-state index contributed by atoms with van der Waals surface area (Å²) in [5.74, 6) is -1.38. The number of ether oxygens (including phenoxy) is 6. The van der Waals surface area contributed by atoms with E-state index in [9.17, 15) is 9.59 Å². The van der Waals surface area contributed by atoms with Crippen molar-refractivity contribution in [1.29, 1.82) is 10.5 Å². The SMILES string of the molecule is [C-]#[N+]CCOCC(COCCC#N)(COCC(=C)C(=O)OCCC#N)COCC(=C)C(=O)OCC[N+]#[C-]. The third kappa shape index (κ3) is 16.5. The van der Waals surface area contributed by atoms with Gasteiger partial charge in [-0.15, -0.1) is 0 Å². The molecule has 0 spiro atoms. The highest BCUT2D eigenvalue weighted by molar-refractivity contribution is 5.88. The van der Waals surface area contributed by atoms with Gasteiger partial charge in [0.25, 0.3) is 0 Å². The minimum Gasteiger partial charge on any atom is -0.461 e. The summed E-state index contributed by atoms with van der Waals surface area (Å²) in [6.07, 6.45) is 0.218. The van der Waals surface area contributed by atoms with Gasteiger partial charge in [-0.2, -0.15) is 10.5 Å². The summed E-state index contributed by atoms with van der Waals surface area (Å²) in [5.41, 5.74) is -0.841. The summed E-state index contributed by atoms with van der Waals surface area (Å²) in [7, 11) is 0. The maximum Gasteiger partial charge on any atom is 0.336 e. The van der Waals surface area contributed by atoms with Crippen molar-refractivity contribution in [3.05, 3.63) is 47.1 Å². The second-order valence-corrected chi connectivity index (χ2v) is 7.65. The van der Waals surface area contributed by atoms with E-state index in [2.05, 4.69) is 22.8 Å². The molecule has 12 heteroatoms. The second-order valence-electron chi connectivity index (χ2n) is 7.65. The quantitative estimate of drug-likeness (QED) is 0.0905. The molecule has 0 aromatic heterocycles. The molecule has 0 amide bonds. The van der Waals surface area contributed by atoms with E-state index >= 15 is 0 Å². The van der Waals surface area contributed by atoms with Gasteiger partial charge in [0.2, 0.25) is 13.1 Å². The van der Waals surface area contributed by atoms with Crippen molar-refractivity contribution in [3.8, 4) is 12.1 Å². The van der Waals surface area contributed by atoms with Crippen molar-refractivity contribution in [2.24, 2.45) is 5.41 Å². The number of hydrogen-bond donors (Lipinski definition) is 0. The lowest BCUT2D eigenvalue weighted by Crippen LogP contribution is -2.42. The van der Waals surface area contributed by atoms with E-state index in [1.807, 2.05) is 12.1 Å². The van der Waals surface area contributed by atoms with E-state index in [0.29, 0.717) is 0 Å². The van der Waals surface area contributed by atoms with E-state index in [1.165, 1.54) is 0 Å². The first-order valence-corrected chi connectivity index (χ1v) is 11.3. The normalized spacial score (nSPS) is 11.6. The lowest BCUT2D eigenvalue weighted by Gasteiger charge is -2.32. The van der Waals surface area contributed by atoms with Crippen LogP contribution in [0.4, 0.5) is 0 Å². The lowest BCUT2D eigenvalue weighted by atomic mass is 9.92. The molecule has 1 atom stereocenters. The molecule has 0 bridgehead atoms. The van der Waals surface area contributed by atoms with Crippen molar-refractivity contribution in [2.75, 3.05) is 79.2 Å². The third-order valence-electron chi connectivity index (χ3n) is 4.35. The van der Waals surface area contributed by atoms with Gasteiger partial charge in [0.15, 0.2) is 6.61 Å². The fourth-order valence-corrected chi connectivity index (χ4v) is 2.53. The highest BCUT2D eigenvalue weighted by atomic mass is 16.5. The third-order valence-corrected chi connectivity index (χ3v) is 4.35. The largest absolute Gasteiger partial charge is 0.461 e. The fourth-order valence-electron chi connectivity index (χ4n) is 2.53. The van der Waals surface area contributed by atoms with Crippen molar-refractivity contribution in [3.63, 3.8) is 0 Å². The summed E-state index contributed by atoms with van der Waals surface area (Å²) in [4.78, 5) is 30.3. The topological polar surface area (TPSA) is 146 Å². The van der Waals surface area contributed by atoms with Crippen LogP contribution in [0, 0.1) is 41.2 Å². The fraction of sp³-hybridized carbons (Fsp3) is 0.600. The van der Waals surface area contributed by atoms with Crippen LogP contribution in [0.1, 0.15) is 12.8 Å². The average Bonchev–Trinajstić information content (AvgIpc) is 2.89. The Morgan fingerprint density at radius 1 is 0.703 bits per heavy atom. The van der Waals surface area contributed by atoms with Gasteiger partial charge in [-0.25, -0.2) is 22.7 Å². The summed E-state index contributed by atoms with van der Waals surface area (Å²) < 4.78 is 32.5. The molecule has 0 aromatic rings. The Kier molecular flexibility index (Phi) is 19.3. The number of carbonyl (C=O) groups is 2. The van der Waals surface area contributed by atoms with Crippen LogP contribution in [0.15, 0.2) is 24.3 Å². The van der Waals surface area contributed by atoms with Crippen molar-refractivity contribution in [1.82, 2.24) is 0 Å². The van der Waals surface area contributed by atoms with Crippen LogP contribution in [-0.4, -0.2) is 91.1 Å². The Morgan fingerprint density at radius 2 is 1.14 bits per heavy atom. The first-order valence-electron chi connectivity index (χ1n) is 11.3. The Labute approximate surface area is 217 Å². The molecule has 1 unspecified atom stereocenters. The number of hydrogen-bond acceptors (Lipinski definition) is 10. The standard InChI is InChI=1S/C25H32N4O8/c1-21(23(30)36-12-6-8-27)15-34-19-25(17-32-11-5-7-26,18-33-13-9-28-3)20-35-16-22(2)24(31)37-14-10-29-4/h1-2,5-6,9-20H2. The van der Waals surface area contributed by atoms with Gasteiger partial charge >= 0.3 is 11.9 Å². The highest BCUT2D eigenvalue weighted by Gasteiger charge is 2.33. The maximum atomic E-state index is 12.0. The van der Waals surface area contributed by atoms with Crippen LogP contribution >= 0.6 is 0 Å². The summed E-state index contributed by atoms with van der Waals surface area (Å²) in [6, 6.07) is 3.84. The van der Waals surface area contributed by atoms with Crippen LogP contribution in [0.5, 0.6) is 0 Å². The van der Waals surface area contributed by atoms with Crippen molar-refractivity contribution >= 4 is 11.9 Å². The van der Waals surface area contributed by atoms with Crippen molar-refractivity contribution in [2.45, 2.75) is 12.8 Å². The molecule has 0 heterocycles.